The molecule has 3 atom stereocenters. The van der Waals surface area contributed by atoms with Crippen molar-refractivity contribution in [1.82, 2.24) is 5.32 Å². The van der Waals surface area contributed by atoms with Gasteiger partial charge in [-0.3, -0.25) is 0 Å². The predicted molar refractivity (Wildman–Crippen MR) is 93.5 cm³/mol. The Morgan fingerprint density at radius 1 is 0.958 bits per heavy atom. The predicted octanol–water partition coefficient (Wildman–Crippen LogP) is 2.38. The number of hydrogen-bond donors (Lipinski definition) is 2. The van der Waals surface area contributed by atoms with Crippen molar-refractivity contribution in [2.45, 2.75) is 36.8 Å². The highest BCUT2D eigenvalue weighted by atomic mass is 16.7. The van der Waals surface area contributed by atoms with Crippen molar-refractivity contribution in [3.8, 4) is 0 Å². The highest BCUT2D eigenvalue weighted by molar-refractivity contribution is 5.34. The third-order valence-corrected chi connectivity index (χ3v) is 5.00. The lowest BCUT2D eigenvalue weighted by molar-refractivity contribution is -0.146. The van der Waals surface area contributed by atoms with Crippen molar-refractivity contribution in [2.24, 2.45) is 5.73 Å². The molecule has 4 rings (SSSR count). The van der Waals surface area contributed by atoms with Crippen LogP contribution in [0.3, 0.4) is 0 Å². The van der Waals surface area contributed by atoms with Crippen LogP contribution >= 0.6 is 0 Å². The maximum Gasteiger partial charge on any atom is 0.222 e. The zero-order chi connectivity index (χ0) is 16.4. The number of benzene rings is 2. The molecule has 2 aliphatic rings. The third-order valence-electron chi connectivity index (χ3n) is 5.00. The van der Waals surface area contributed by atoms with Gasteiger partial charge in [-0.1, -0.05) is 60.7 Å². The molecule has 0 spiro atoms. The van der Waals surface area contributed by atoms with Gasteiger partial charge in [0.15, 0.2) is 0 Å². The summed E-state index contributed by atoms with van der Waals surface area (Å²) in [6.45, 7) is 1.50. The van der Waals surface area contributed by atoms with Crippen LogP contribution in [0.2, 0.25) is 0 Å². The molecule has 4 nitrogen and oxygen atoms in total. The summed E-state index contributed by atoms with van der Waals surface area (Å²) in [6.07, 6.45) is 1.94. The van der Waals surface area contributed by atoms with E-state index in [1.807, 2.05) is 36.4 Å². The summed E-state index contributed by atoms with van der Waals surface area (Å²) in [7, 11) is 0. The Morgan fingerprint density at radius 2 is 1.58 bits per heavy atom. The van der Waals surface area contributed by atoms with E-state index >= 15 is 0 Å². The first kappa shape index (κ1) is 15.8. The lowest BCUT2D eigenvalue weighted by Crippen LogP contribution is -2.50. The summed E-state index contributed by atoms with van der Waals surface area (Å²) < 4.78 is 12.9. The van der Waals surface area contributed by atoms with E-state index in [4.69, 9.17) is 15.2 Å². The molecule has 0 radical (unpaired) electrons. The minimum Gasteiger partial charge on any atom is -0.339 e. The van der Waals surface area contributed by atoms with Crippen LogP contribution in [-0.2, 0) is 15.3 Å². The molecule has 24 heavy (non-hydrogen) atoms. The lowest BCUT2D eigenvalue weighted by Gasteiger charge is -2.33. The van der Waals surface area contributed by atoms with E-state index in [0.29, 0.717) is 6.61 Å². The molecule has 3 N–H and O–H groups in total. The van der Waals surface area contributed by atoms with Crippen LogP contribution in [0.1, 0.15) is 24.0 Å². The average Bonchev–Trinajstić information content (AvgIpc) is 3.10. The maximum atomic E-state index is 6.57. The standard InChI is InChI=1S/C20H24N2O2/c21-17-11-12-22-18(13-17)19-14-23-20(24-19,15-7-3-1-4-8-15)16-9-5-2-6-10-16/h1-10,17-19,22H,11-14,21H2/t17-,18+,19-/m1/s1. The smallest absolute Gasteiger partial charge is 0.222 e. The second-order valence-corrected chi connectivity index (χ2v) is 6.66. The van der Waals surface area contributed by atoms with E-state index in [1.165, 1.54) is 0 Å². The zero-order valence-corrected chi connectivity index (χ0v) is 13.7. The van der Waals surface area contributed by atoms with Crippen molar-refractivity contribution < 1.29 is 9.47 Å². The van der Waals surface area contributed by atoms with Crippen molar-refractivity contribution in [2.75, 3.05) is 13.2 Å². The van der Waals surface area contributed by atoms with Crippen LogP contribution in [-0.4, -0.2) is 31.3 Å². The van der Waals surface area contributed by atoms with E-state index in [9.17, 15) is 0 Å². The van der Waals surface area contributed by atoms with Crippen LogP contribution in [0.4, 0.5) is 0 Å². The number of hydrogen-bond acceptors (Lipinski definition) is 4. The first-order valence-electron chi connectivity index (χ1n) is 8.70. The molecule has 2 aromatic rings. The quantitative estimate of drug-likeness (QED) is 0.910. The fraction of sp³-hybridized carbons (Fsp3) is 0.400. The fourth-order valence-electron chi connectivity index (χ4n) is 3.73. The topological polar surface area (TPSA) is 56.5 Å². The summed E-state index contributed by atoms with van der Waals surface area (Å²) in [5.41, 5.74) is 8.20. The fourth-order valence-corrected chi connectivity index (χ4v) is 3.73. The lowest BCUT2D eigenvalue weighted by atomic mass is 9.95. The van der Waals surface area contributed by atoms with E-state index in [0.717, 1.165) is 30.5 Å². The van der Waals surface area contributed by atoms with E-state index in [-0.39, 0.29) is 18.2 Å². The van der Waals surface area contributed by atoms with Gasteiger partial charge in [0.1, 0.15) is 6.10 Å². The van der Waals surface area contributed by atoms with Gasteiger partial charge in [0.05, 0.1) is 6.61 Å². The monoisotopic (exact) mass is 324 g/mol. The molecule has 2 fully saturated rings. The summed E-state index contributed by atoms with van der Waals surface area (Å²) in [5.74, 6) is -0.837. The molecule has 2 saturated heterocycles. The van der Waals surface area contributed by atoms with E-state index < -0.39 is 5.79 Å². The summed E-state index contributed by atoms with van der Waals surface area (Å²) in [6, 6.07) is 20.8. The van der Waals surface area contributed by atoms with Gasteiger partial charge < -0.3 is 20.5 Å². The minimum absolute atomic E-state index is 0.00300. The zero-order valence-electron chi connectivity index (χ0n) is 13.7. The number of piperidine rings is 1. The first-order valence-corrected chi connectivity index (χ1v) is 8.70. The van der Waals surface area contributed by atoms with Crippen LogP contribution < -0.4 is 11.1 Å². The van der Waals surface area contributed by atoms with Gasteiger partial charge in [-0.15, -0.1) is 0 Å². The van der Waals surface area contributed by atoms with E-state index in [2.05, 4.69) is 29.6 Å². The van der Waals surface area contributed by atoms with Gasteiger partial charge in [-0.2, -0.15) is 0 Å². The Labute approximate surface area is 143 Å². The van der Waals surface area contributed by atoms with Crippen molar-refractivity contribution in [1.29, 1.82) is 0 Å². The second-order valence-electron chi connectivity index (χ2n) is 6.66. The largest absolute Gasteiger partial charge is 0.339 e. The molecule has 0 bridgehead atoms. The van der Waals surface area contributed by atoms with Gasteiger partial charge in [0, 0.05) is 23.2 Å². The Balaban J connectivity index is 1.66. The number of nitrogens with one attached hydrogen (secondary N) is 1. The maximum absolute atomic E-state index is 6.57. The Hall–Kier alpha value is -1.72. The Kier molecular flexibility index (Phi) is 4.37. The molecular formula is C20H24N2O2. The minimum atomic E-state index is -0.837. The normalized spacial score (nSPS) is 29.5. The molecule has 2 aliphatic heterocycles. The second kappa shape index (κ2) is 6.65. The molecule has 4 heteroatoms. The number of ether oxygens (including phenoxy) is 2. The Morgan fingerprint density at radius 3 is 2.17 bits per heavy atom. The van der Waals surface area contributed by atoms with Crippen molar-refractivity contribution in [3.05, 3.63) is 71.8 Å². The first-order chi connectivity index (χ1) is 11.8. The van der Waals surface area contributed by atoms with Gasteiger partial charge in [-0.25, -0.2) is 0 Å². The van der Waals surface area contributed by atoms with Gasteiger partial charge in [0.25, 0.3) is 0 Å². The average molecular weight is 324 g/mol. The van der Waals surface area contributed by atoms with Crippen LogP contribution in [0.15, 0.2) is 60.7 Å². The number of nitrogens with two attached hydrogens (primary N) is 1. The van der Waals surface area contributed by atoms with Crippen LogP contribution in [0.25, 0.3) is 0 Å². The van der Waals surface area contributed by atoms with Crippen LogP contribution in [0.5, 0.6) is 0 Å². The molecule has 2 heterocycles. The van der Waals surface area contributed by atoms with Gasteiger partial charge in [-0.05, 0) is 19.4 Å². The molecule has 2 aromatic carbocycles. The molecule has 0 saturated carbocycles. The Bertz CT molecular complexity index is 622. The van der Waals surface area contributed by atoms with Crippen molar-refractivity contribution >= 4 is 0 Å². The summed E-state index contributed by atoms with van der Waals surface area (Å²) >= 11 is 0. The molecular weight excluding hydrogens is 300 g/mol. The van der Waals surface area contributed by atoms with Crippen LogP contribution in [0, 0.1) is 0 Å². The van der Waals surface area contributed by atoms with Gasteiger partial charge >= 0.3 is 0 Å². The van der Waals surface area contributed by atoms with Crippen molar-refractivity contribution in [3.63, 3.8) is 0 Å². The molecule has 126 valence electrons. The molecule has 0 aliphatic carbocycles. The molecule has 0 unspecified atom stereocenters. The van der Waals surface area contributed by atoms with E-state index in [1.54, 1.807) is 0 Å². The van der Waals surface area contributed by atoms with Gasteiger partial charge in [0.2, 0.25) is 5.79 Å². The molecule has 0 aromatic heterocycles. The molecule has 0 amide bonds. The highest BCUT2D eigenvalue weighted by Crippen LogP contribution is 2.41. The summed E-state index contributed by atoms with van der Waals surface area (Å²) in [4.78, 5) is 0. The number of rotatable bonds is 3. The summed E-state index contributed by atoms with van der Waals surface area (Å²) in [5, 5.41) is 3.55. The highest BCUT2D eigenvalue weighted by Gasteiger charge is 2.47. The third kappa shape index (κ3) is 2.87. The SMILES string of the molecule is N[C@@H]1CCN[C@H]([C@H]2COC(c3ccccc3)(c3ccccc3)O2)C1.